The van der Waals surface area contributed by atoms with Crippen molar-refractivity contribution in [2.45, 2.75) is 63.7 Å². The molecule has 0 fully saturated rings. The van der Waals surface area contributed by atoms with Crippen LogP contribution >= 0.6 is 15.9 Å². The van der Waals surface area contributed by atoms with Gasteiger partial charge in [0.1, 0.15) is 17.2 Å². The number of amides is 1. The van der Waals surface area contributed by atoms with E-state index in [2.05, 4.69) is 21.2 Å². The van der Waals surface area contributed by atoms with Gasteiger partial charge in [-0.1, -0.05) is 46.3 Å². The van der Waals surface area contributed by atoms with Gasteiger partial charge in [-0.25, -0.2) is 9.38 Å². The first-order valence-electron chi connectivity index (χ1n) is 14.6. The number of hydrogen-bond donors (Lipinski definition) is 2. The van der Waals surface area contributed by atoms with Crippen molar-refractivity contribution in [3.63, 3.8) is 0 Å². The highest BCUT2D eigenvalue weighted by Gasteiger charge is 2.53. The summed E-state index contributed by atoms with van der Waals surface area (Å²) in [6, 6.07) is 20.9. The average Bonchev–Trinajstić information content (AvgIpc) is 3.38. The minimum absolute atomic E-state index is 0.0139. The van der Waals surface area contributed by atoms with Crippen molar-refractivity contribution in [1.29, 1.82) is 0 Å². The zero-order valence-electron chi connectivity index (χ0n) is 25.1. The number of ether oxygens (including phenoxy) is 3. The molecule has 10 heteroatoms. The van der Waals surface area contributed by atoms with Crippen molar-refractivity contribution < 1.29 is 33.3 Å². The fourth-order valence-corrected chi connectivity index (χ4v) is 5.12. The molecule has 0 saturated heterocycles. The Hall–Kier alpha value is -3.76. The summed E-state index contributed by atoms with van der Waals surface area (Å²) in [6.45, 7) is 5.92. The van der Waals surface area contributed by atoms with E-state index in [9.17, 15) is 14.0 Å². The second-order valence-electron chi connectivity index (χ2n) is 11.5. The van der Waals surface area contributed by atoms with Gasteiger partial charge in [-0.3, -0.25) is 9.59 Å². The summed E-state index contributed by atoms with van der Waals surface area (Å²) in [5.74, 6) is -0.383. The number of halogens is 2. The standard InChI is InChI=1S/C34H38BrFN2O6/c1-33(2,3)44-29(40)17-19-34(32(41)37-20-18-23-7-4-5-8-28(23)36)30(24-9-13-26(35)14-10-24)43-31(38-34)25-11-15-27(16-12-25)42-22-6-21-39/h4-5,7-16,30,39H,6,17-22H2,1-3H3,(H,37,41)/t30-,34-/m1/s1. The number of carbonyl (C=O) groups is 2. The van der Waals surface area contributed by atoms with Crippen molar-refractivity contribution >= 4 is 33.7 Å². The van der Waals surface area contributed by atoms with Crippen LogP contribution in [-0.4, -0.2) is 53.8 Å². The quantitative estimate of drug-likeness (QED) is 0.169. The van der Waals surface area contributed by atoms with Crippen molar-refractivity contribution in [2.75, 3.05) is 19.8 Å². The van der Waals surface area contributed by atoms with E-state index in [-0.39, 0.29) is 44.1 Å². The van der Waals surface area contributed by atoms with Gasteiger partial charge in [0.15, 0.2) is 11.6 Å². The maximum absolute atomic E-state index is 14.3. The Morgan fingerprint density at radius 3 is 2.43 bits per heavy atom. The molecule has 1 heterocycles. The van der Waals surface area contributed by atoms with Crippen molar-refractivity contribution in [3.8, 4) is 5.75 Å². The topological polar surface area (TPSA) is 106 Å². The van der Waals surface area contributed by atoms with Gasteiger partial charge in [-0.05, 0) is 87.2 Å². The molecule has 0 aromatic heterocycles. The second-order valence-corrected chi connectivity index (χ2v) is 12.4. The zero-order chi connectivity index (χ0) is 31.7. The minimum atomic E-state index is -1.52. The Kier molecular flexibility index (Phi) is 11.2. The molecule has 3 aromatic carbocycles. The summed E-state index contributed by atoms with van der Waals surface area (Å²) in [5, 5.41) is 12.0. The highest BCUT2D eigenvalue weighted by atomic mass is 79.9. The smallest absolute Gasteiger partial charge is 0.306 e. The highest BCUT2D eigenvalue weighted by Crippen LogP contribution is 2.43. The molecule has 2 atom stereocenters. The molecule has 0 spiro atoms. The average molecular weight is 670 g/mol. The van der Waals surface area contributed by atoms with Crippen molar-refractivity contribution in [3.05, 3.63) is 99.8 Å². The number of benzene rings is 3. The number of nitrogens with zero attached hydrogens (tertiary/aromatic N) is 1. The fourth-order valence-electron chi connectivity index (χ4n) is 4.86. The molecular weight excluding hydrogens is 631 g/mol. The Balaban J connectivity index is 1.68. The van der Waals surface area contributed by atoms with Crippen molar-refractivity contribution in [2.24, 2.45) is 4.99 Å². The first kappa shape index (κ1) is 33.1. The maximum atomic E-state index is 14.3. The summed E-state index contributed by atoms with van der Waals surface area (Å²) in [5.41, 5.74) is -0.414. The third kappa shape index (κ3) is 8.66. The summed E-state index contributed by atoms with van der Waals surface area (Å²) >= 11 is 3.46. The number of aliphatic hydroxyl groups excluding tert-OH is 1. The first-order chi connectivity index (χ1) is 21.0. The van der Waals surface area contributed by atoms with Crippen LogP contribution in [0, 0.1) is 5.82 Å². The van der Waals surface area contributed by atoms with Crippen LogP contribution in [0.25, 0.3) is 0 Å². The van der Waals surface area contributed by atoms with Gasteiger partial charge < -0.3 is 24.6 Å². The van der Waals surface area contributed by atoms with Gasteiger partial charge in [0, 0.05) is 36.0 Å². The Morgan fingerprint density at radius 2 is 1.77 bits per heavy atom. The number of nitrogens with one attached hydrogen (secondary N) is 1. The first-order valence-corrected chi connectivity index (χ1v) is 15.4. The number of hydrogen-bond acceptors (Lipinski definition) is 7. The molecule has 234 valence electrons. The van der Waals surface area contributed by atoms with Crippen LogP contribution in [0.4, 0.5) is 4.39 Å². The van der Waals surface area contributed by atoms with Gasteiger partial charge in [-0.15, -0.1) is 0 Å². The van der Waals surface area contributed by atoms with E-state index in [1.54, 1.807) is 63.2 Å². The van der Waals surface area contributed by atoms with Crippen LogP contribution in [0.1, 0.15) is 62.8 Å². The van der Waals surface area contributed by atoms with E-state index in [4.69, 9.17) is 24.3 Å². The molecule has 1 amide bonds. The Labute approximate surface area is 265 Å². The lowest BCUT2D eigenvalue weighted by Crippen LogP contribution is -2.49. The van der Waals surface area contributed by atoms with E-state index >= 15 is 0 Å². The number of aliphatic hydroxyl groups is 1. The molecule has 8 nitrogen and oxygen atoms in total. The third-order valence-electron chi connectivity index (χ3n) is 6.97. The summed E-state index contributed by atoms with van der Waals surface area (Å²) in [6.07, 6.45) is -0.137. The van der Waals surface area contributed by atoms with Crippen LogP contribution in [0.15, 0.2) is 82.3 Å². The lowest BCUT2D eigenvalue weighted by Gasteiger charge is -2.31. The maximum Gasteiger partial charge on any atom is 0.306 e. The number of aliphatic imine (C=N–C) groups is 1. The minimum Gasteiger partial charge on any atom is -0.494 e. The molecule has 2 N–H and O–H groups in total. The van der Waals surface area contributed by atoms with Crippen LogP contribution < -0.4 is 10.1 Å². The molecule has 0 bridgehead atoms. The van der Waals surface area contributed by atoms with Gasteiger partial charge >= 0.3 is 5.97 Å². The molecule has 1 aliphatic rings. The zero-order valence-corrected chi connectivity index (χ0v) is 26.7. The summed E-state index contributed by atoms with van der Waals surface area (Å²) in [4.78, 5) is 32.0. The molecule has 44 heavy (non-hydrogen) atoms. The number of rotatable bonds is 13. The van der Waals surface area contributed by atoms with E-state index in [1.807, 2.05) is 24.3 Å². The Morgan fingerprint density at radius 1 is 1.07 bits per heavy atom. The lowest BCUT2D eigenvalue weighted by molar-refractivity contribution is -0.155. The van der Waals surface area contributed by atoms with Crippen LogP contribution in [0.5, 0.6) is 5.75 Å². The van der Waals surface area contributed by atoms with Crippen LogP contribution in [-0.2, 0) is 25.5 Å². The van der Waals surface area contributed by atoms with Crippen LogP contribution in [0.3, 0.4) is 0 Å². The predicted octanol–water partition coefficient (Wildman–Crippen LogP) is 6.09. The van der Waals surface area contributed by atoms with E-state index in [1.165, 1.54) is 6.07 Å². The van der Waals surface area contributed by atoms with Gasteiger partial charge in [0.2, 0.25) is 5.90 Å². The predicted molar refractivity (Wildman–Crippen MR) is 169 cm³/mol. The molecule has 0 saturated carbocycles. The van der Waals surface area contributed by atoms with E-state index < -0.39 is 29.1 Å². The lowest BCUT2D eigenvalue weighted by atomic mass is 9.83. The SMILES string of the molecule is CC(C)(C)OC(=O)CC[C@@]1(C(=O)NCCc2ccccc2F)N=C(c2ccc(OCCCO)cc2)O[C@@H]1c1ccc(Br)cc1. The molecular formula is C34H38BrFN2O6. The monoisotopic (exact) mass is 668 g/mol. The molecule has 4 rings (SSSR count). The summed E-state index contributed by atoms with van der Waals surface area (Å²) < 4.78 is 32.8. The van der Waals surface area contributed by atoms with E-state index in [0.717, 1.165) is 4.47 Å². The molecule has 0 unspecified atom stereocenters. The van der Waals surface area contributed by atoms with Gasteiger partial charge in [-0.2, -0.15) is 0 Å². The fraction of sp³-hybridized carbons (Fsp3) is 0.382. The highest BCUT2D eigenvalue weighted by molar-refractivity contribution is 9.10. The normalized spacial score (nSPS) is 17.9. The number of carbonyl (C=O) groups excluding carboxylic acids is 2. The Bertz CT molecular complexity index is 1460. The molecule has 1 aliphatic heterocycles. The van der Waals surface area contributed by atoms with E-state index in [0.29, 0.717) is 35.5 Å². The van der Waals surface area contributed by atoms with Gasteiger partial charge in [0.05, 0.1) is 6.61 Å². The van der Waals surface area contributed by atoms with Gasteiger partial charge in [0.25, 0.3) is 5.91 Å². The molecule has 0 radical (unpaired) electrons. The van der Waals surface area contributed by atoms with Crippen molar-refractivity contribution in [1.82, 2.24) is 5.32 Å². The second kappa shape index (κ2) is 14.8. The molecule has 0 aliphatic carbocycles. The molecule has 3 aromatic rings. The summed E-state index contributed by atoms with van der Waals surface area (Å²) in [7, 11) is 0. The third-order valence-corrected chi connectivity index (χ3v) is 7.50. The van der Waals surface area contributed by atoms with Crippen LogP contribution in [0.2, 0.25) is 0 Å². The number of esters is 1. The largest absolute Gasteiger partial charge is 0.494 e.